The maximum Gasteiger partial charge on any atom is 0.0431 e. The van der Waals surface area contributed by atoms with E-state index < -0.39 is 0 Å². The summed E-state index contributed by atoms with van der Waals surface area (Å²) >= 11 is 0. The first-order valence-corrected chi connectivity index (χ1v) is 3.13. The summed E-state index contributed by atoms with van der Waals surface area (Å²) in [4.78, 5) is 0. The fourth-order valence-corrected chi connectivity index (χ4v) is 0.797. The predicted octanol–water partition coefficient (Wildman–Crippen LogP) is 0.121. The molecule has 48 valence electrons. The van der Waals surface area contributed by atoms with Crippen LogP contribution in [0.1, 0.15) is 19.8 Å². The summed E-state index contributed by atoms with van der Waals surface area (Å²) in [7, 11) is 0. The molecule has 2 N–H and O–H groups in total. The molecule has 0 amide bonds. The van der Waals surface area contributed by atoms with E-state index >= 15 is 0 Å². The molecule has 0 aliphatic carbocycles. The van der Waals surface area contributed by atoms with Crippen LogP contribution in [0.15, 0.2) is 0 Å². The molecule has 8 heavy (non-hydrogen) atoms. The van der Waals surface area contributed by atoms with E-state index in [1.165, 1.54) is 0 Å². The third-order valence-corrected chi connectivity index (χ3v) is 1.67. The Hall–Kier alpha value is -0.0800. The van der Waals surface area contributed by atoms with E-state index in [4.69, 9.17) is 5.11 Å². The minimum absolute atomic E-state index is 0.331. The zero-order chi connectivity index (χ0) is 6.04. The summed E-state index contributed by atoms with van der Waals surface area (Å²) in [6.07, 6.45) is 2.05. The smallest absolute Gasteiger partial charge is 0.0431 e. The molecular formula is C6H13NO. The maximum atomic E-state index is 8.43. The summed E-state index contributed by atoms with van der Waals surface area (Å²) in [6, 6.07) is 0. The molecule has 0 spiro atoms. The summed E-state index contributed by atoms with van der Waals surface area (Å²) in [5.74, 6) is 0. The number of hydrogen-bond donors (Lipinski definition) is 2. The molecule has 0 saturated carbocycles. The Morgan fingerprint density at radius 2 is 2.38 bits per heavy atom. The van der Waals surface area contributed by atoms with Crippen molar-refractivity contribution in [3.63, 3.8) is 0 Å². The van der Waals surface area contributed by atoms with Crippen LogP contribution in [0.5, 0.6) is 0 Å². The number of hydrogen-bond acceptors (Lipinski definition) is 2. The van der Waals surface area contributed by atoms with Gasteiger partial charge in [-0.25, -0.2) is 0 Å². The molecule has 1 saturated heterocycles. The lowest BCUT2D eigenvalue weighted by Crippen LogP contribution is -2.09. The topological polar surface area (TPSA) is 42.2 Å². The molecular weight excluding hydrogens is 102 g/mol. The fraction of sp³-hybridized carbons (Fsp3) is 1.00. The highest BCUT2D eigenvalue weighted by atomic mass is 16.2. The zero-order valence-electron chi connectivity index (χ0n) is 5.28. The van der Waals surface area contributed by atoms with E-state index in [0.717, 1.165) is 19.4 Å². The highest BCUT2D eigenvalue weighted by molar-refractivity contribution is 4.98. The molecule has 0 aromatic rings. The average Bonchev–Trinajstić information content (AvgIpc) is 2.45. The Morgan fingerprint density at radius 3 is 2.75 bits per heavy atom. The molecule has 1 heterocycles. The average molecular weight is 115 g/mol. The van der Waals surface area contributed by atoms with Crippen molar-refractivity contribution in [2.75, 3.05) is 13.2 Å². The van der Waals surface area contributed by atoms with Crippen LogP contribution < -0.4 is 5.32 Å². The van der Waals surface area contributed by atoms with Crippen molar-refractivity contribution in [1.29, 1.82) is 0 Å². The largest absolute Gasteiger partial charge is 0.396 e. The van der Waals surface area contributed by atoms with Gasteiger partial charge in [-0.05, 0) is 19.8 Å². The second kappa shape index (κ2) is 2.03. The SMILES string of the molecule is CC1(CCCO)CN1. The number of rotatable bonds is 3. The summed E-state index contributed by atoms with van der Waals surface area (Å²) in [5.41, 5.74) is 0.392. The van der Waals surface area contributed by atoms with Crippen molar-refractivity contribution in [2.24, 2.45) is 0 Å². The van der Waals surface area contributed by atoms with Crippen LogP contribution in [0.3, 0.4) is 0 Å². The third kappa shape index (κ3) is 1.46. The van der Waals surface area contributed by atoms with Gasteiger partial charge >= 0.3 is 0 Å². The second-order valence-corrected chi connectivity index (χ2v) is 2.74. The van der Waals surface area contributed by atoms with Crippen molar-refractivity contribution in [3.8, 4) is 0 Å². The van der Waals surface area contributed by atoms with Gasteiger partial charge in [0.2, 0.25) is 0 Å². The Morgan fingerprint density at radius 1 is 1.75 bits per heavy atom. The highest BCUT2D eigenvalue weighted by Gasteiger charge is 2.34. The molecule has 0 aromatic carbocycles. The van der Waals surface area contributed by atoms with Gasteiger partial charge in [0.15, 0.2) is 0 Å². The Bertz CT molecular complexity index is 78.6. The van der Waals surface area contributed by atoms with Crippen LogP contribution in [0.25, 0.3) is 0 Å². The standard InChI is InChI=1S/C6H13NO/c1-6(5-7-6)3-2-4-8/h7-8H,2-5H2,1H3. The molecule has 0 radical (unpaired) electrons. The minimum atomic E-state index is 0.331. The summed E-state index contributed by atoms with van der Waals surface area (Å²) in [5, 5.41) is 11.7. The van der Waals surface area contributed by atoms with Gasteiger partial charge < -0.3 is 10.4 Å². The lowest BCUT2D eigenvalue weighted by molar-refractivity contribution is 0.278. The lowest BCUT2D eigenvalue weighted by atomic mass is 10.1. The zero-order valence-corrected chi connectivity index (χ0v) is 5.28. The molecule has 0 bridgehead atoms. The molecule has 1 unspecified atom stereocenters. The van der Waals surface area contributed by atoms with Crippen LogP contribution in [0.4, 0.5) is 0 Å². The van der Waals surface area contributed by atoms with Gasteiger partial charge in [0, 0.05) is 18.7 Å². The van der Waals surface area contributed by atoms with Gasteiger partial charge in [-0.2, -0.15) is 0 Å². The van der Waals surface area contributed by atoms with Crippen LogP contribution >= 0.6 is 0 Å². The first kappa shape index (κ1) is 6.05. The van der Waals surface area contributed by atoms with Gasteiger partial charge in [-0.15, -0.1) is 0 Å². The Kier molecular flexibility index (Phi) is 1.54. The first-order valence-electron chi connectivity index (χ1n) is 3.13. The molecule has 1 aliphatic rings. The van der Waals surface area contributed by atoms with Crippen LogP contribution in [0.2, 0.25) is 0 Å². The number of aliphatic hydroxyl groups is 1. The molecule has 2 heteroatoms. The predicted molar refractivity (Wildman–Crippen MR) is 32.7 cm³/mol. The molecule has 2 nitrogen and oxygen atoms in total. The molecule has 1 rings (SSSR count). The fourth-order valence-electron chi connectivity index (χ4n) is 0.797. The molecule has 1 fully saturated rings. The van der Waals surface area contributed by atoms with E-state index in [-0.39, 0.29) is 0 Å². The van der Waals surface area contributed by atoms with E-state index in [0.29, 0.717) is 12.1 Å². The molecule has 1 atom stereocenters. The van der Waals surface area contributed by atoms with Gasteiger partial charge in [-0.1, -0.05) is 0 Å². The number of nitrogens with one attached hydrogen (secondary N) is 1. The quantitative estimate of drug-likeness (QED) is 0.513. The van der Waals surface area contributed by atoms with Crippen molar-refractivity contribution in [3.05, 3.63) is 0 Å². The van der Waals surface area contributed by atoms with Crippen molar-refractivity contribution in [1.82, 2.24) is 5.32 Å². The molecule has 1 aliphatic heterocycles. The Balaban J connectivity index is 2.01. The van der Waals surface area contributed by atoms with Crippen LogP contribution in [-0.2, 0) is 0 Å². The summed E-state index contributed by atoms with van der Waals surface area (Å²) in [6.45, 7) is 3.65. The minimum Gasteiger partial charge on any atom is -0.396 e. The van der Waals surface area contributed by atoms with E-state index in [1.807, 2.05) is 0 Å². The van der Waals surface area contributed by atoms with Crippen molar-refractivity contribution < 1.29 is 5.11 Å². The number of aliphatic hydroxyl groups excluding tert-OH is 1. The van der Waals surface area contributed by atoms with Crippen LogP contribution in [0, 0.1) is 0 Å². The van der Waals surface area contributed by atoms with Gasteiger partial charge in [0.1, 0.15) is 0 Å². The van der Waals surface area contributed by atoms with Gasteiger partial charge in [0.05, 0.1) is 0 Å². The third-order valence-electron chi connectivity index (χ3n) is 1.67. The Labute approximate surface area is 49.9 Å². The summed E-state index contributed by atoms with van der Waals surface area (Å²) < 4.78 is 0. The van der Waals surface area contributed by atoms with Crippen molar-refractivity contribution in [2.45, 2.75) is 25.3 Å². The van der Waals surface area contributed by atoms with Crippen LogP contribution in [-0.4, -0.2) is 23.8 Å². The first-order chi connectivity index (χ1) is 3.77. The van der Waals surface area contributed by atoms with Crippen molar-refractivity contribution >= 4 is 0 Å². The lowest BCUT2D eigenvalue weighted by Gasteiger charge is -2.01. The van der Waals surface area contributed by atoms with E-state index in [9.17, 15) is 0 Å². The normalized spacial score (nSPS) is 35.2. The van der Waals surface area contributed by atoms with E-state index in [1.54, 1.807) is 0 Å². The van der Waals surface area contributed by atoms with E-state index in [2.05, 4.69) is 12.2 Å². The van der Waals surface area contributed by atoms with Gasteiger partial charge in [-0.3, -0.25) is 0 Å². The maximum absolute atomic E-state index is 8.43. The van der Waals surface area contributed by atoms with Gasteiger partial charge in [0.25, 0.3) is 0 Å². The highest BCUT2D eigenvalue weighted by Crippen LogP contribution is 2.21. The second-order valence-electron chi connectivity index (χ2n) is 2.74. The monoisotopic (exact) mass is 115 g/mol. The molecule has 0 aromatic heterocycles.